The summed E-state index contributed by atoms with van der Waals surface area (Å²) in [6.07, 6.45) is 7.59. The molecule has 1 aromatic carbocycles. The maximum atomic E-state index is 13.4. The number of carbonyl (C=O) groups excluding carboxylic acids is 2. The van der Waals surface area contributed by atoms with Crippen LogP contribution in [0, 0.1) is 11.3 Å². The molecule has 0 saturated carbocycles. The van der Waals surface area contributed by atoms with Crippen LogP contribution < -0.4 is 0 Å². The van der Waals surface area contributed by atoms with E-state index in [1.807, 2.05) is 31.1 Å². The first-order chi connectivity index (χ1) is 14.9. The van der Waals surface area contributed by atoms with E-state index in [1.165, 1.54) is 0 Å². The molecule has 1 aliphatic rings. The Kier molecular flexibility index (Phi) is 7.47. The molecule has 2 amide bonds. The van der Waals surface area contributed by atoms with E-state index in [0.717, 1.165) is 48.9 Å². The van der Waals surface area contributed by atoms with Crippen LogP contribution in [0.15, 0.2) is 48.8 Å². The predicted molar refractivity (Wildman–Crippen MR) is 124 cm³/mol. The molecule has 166 valence electrons. The van der Waals surface area contributed by atoms with E-state index < -0.39 is 5.41 Å². The van der Waals surface area contributed by atoms with Crippen molar-refractivity contribution in [3.63, 3.8) is 0 Å². The molecule has 31 heavy (non-hydrogen) atoms. The van der Waals surface area contributed by atoms with Crippen LogP contribution in [0.3, 0.4) is 0 Å². The second kappa shape index (κ2) is 10.1. The van der Waals surface area contributed by atoms with E-state index in [1.54, 1.807) is 17.3 Å². The summed E-state index contributed by atoms with van der Waals surface area (Å²) < 4.78 is 0. The SMILES string of the molecule is CCC(CC)C(=O)N1CCCC(Cc2ccc(-c3ccncc3)cc2)(C(=O)N(C)C)C1. The molecule has 1 unspecified atom stereocenters. The van der Waals surface area contributed by atoms with Crippen LogP contribution in [-0.4, -0.2) is 53.8 Å². The van der Waals surface area contributed by atoms with Crippen molar-refractivity contribution in [2.24, 2.45) is 11.3 Å². The Morgan fingerprint density at radius 3 is 2.23 bits per heavy atom. The summed E-state index contributed by atoms with van der Waals surface area (Å²) in [5, 5.41) is 0. The highest BCUT2D eigenvalue weighted by atomic mass is 16.2. The van der Waals surface area contributed by atoms with Crippen molar-refractivity contribution in [2.75, 3.05) is 27.2 Å². The molecule has 1 aromatic heterocycles. The monoisotopic (exact) mass is 421 g/mol. The number of likely N-dealkylation sites (tertiary alicyclic amines) is 1. The molecule has 5 nitrogen and oxygen atoms in total. The fourth-order valence-corrected chi connectivity index (χ4v) is 4.83. The molecule has 0 aliphatic carbocycles. The third kappa shape index (κ3) is 5.15. The van der Waals surface area contributed by atoms with E-state index in [-0.39, 0.29) is 17.7 Å². The summed E-state index contributed by atoms with van der Waals surface area (Å²) in [7, 11) is 3.64. The lowest BCUT2D eigenvalue weighted by Crippen LogP contribution is -2.55. The van der Waals surface area contributed by atoms with Gasteiger partial charge in [0.25, 0.3) is 0 Å². The fraction of sp³-hybridized carbons (Fsp3) is 0.500. The van der Waals surface area contributed by atoms with Crippen molar-refractivity contribution in [3.8, 4) is 11.1 Å². The molecule has 2 aromatic rings. The minimum atomic E-state index is -0.568. The van der Waals surface area contributed by atoms with Gasteiger partial charge in [-0.2, -0.15) is 0 Å². The molecule has 0 radical (unpaired) electrons. The predicted octanol–water partition coefficient (Wildman–Crippen LogP) is 4.42. The topological polar surface area (TPSA) is 53.5 Å². The van der Waals surface area contributed by atoms with Gasteiger partial charge in [0, 0.05) is 45.5 Å². The van der Waals surface area contributed by atoms with E-state index in [4.69, 9.17) is 0 Å². The number of hydrogen-bond donors (Lipinski definition) is 0. The van der Waals surface area contributed by atoms with Gasteiger partial charge in [-0.3, -0.25) is 14.6 Å². The zero-order valence-electron chi connectivity index (χ0n) is 19.3. The Balaban J connectivity index is 1.85. The fourth-order valence-electron chi connectivity index (χ4n) is 4.83. The van der Waals surface area contributed by atoms with Crippen molar-refractivity contribution in [3.05, 3.63) is 54.4 Å². The first-order valence-corrected chi connectivity index (χ1v) is 11.4. The molecule has 1 aliphatic heterocycles. The zero-order valence-corrected chi connectivity index (χ0v) is 19.3. The van der Waals surface area contributed by atoms with Crippen molar-refractivity contribution in [1.29, 1.82) is 0 Å². The minimum absolute atomic E-state index is 0.0462. The minimum Gasteiger partial charge on any atom is -0.348 e. The molecule has 0 N–H and O–H groups in total. The molecule has 5 heteroatoms. The van der Waals surface area contributed by atoms with Crippen LogP contribution in [0.1, 0.15) is 45.1 Å². The quantitative estimate of drug-likeness (QED) is 0.665. The Bertz CT molecular complexity index is 875. The normalized spacial score (nSPS) is 18.8. The van der Waals surface area contributed by atoms with Crippen LogP contribution in [0.2, 0.25) is 0 Å². The van der Waals surface area contributed by atoms with E-state index in [0.29, 0.717) is 13.0 Å². The highest BCUT2D eigenvalue weighted by molar-refractivity contribution is 5.85. The van der Waals surface area contributed by atoms with Gasteiger partial charge >= 0.3 is 0 Å². The maximum absolute atomic E-state index is 13.4. The second-order valence-corrected chi connectivity index (χ2v) is 8.97. The lowest BCUT2D eigenvalue weighted by molar-refractivity contribution is -0.149. The molecule has 0 spiro atoms. The summed E-state index contributed by atoms with van der Waals surface area (Å²) in [5.41, 5.74) is 2.82. The summed E-state index contributed by atoms with van der Waals surface area (Å²) in [6, 6.07) is 12.4. The summed E-state index contributed by atoms with van der Waals surface area (Å²) in [6.45, 7) is 5.39. The third-order valence-electron chi connectivity index (χ3n) is 6.59. The number of benzene rings is 1. The van der Waals surface area contributed by atoms with Crippen LogP contribution in [0.25, 0.3) is 11.1 Å². The number of pyridine rings is 1. The molecular weight excluding hydrogens is 386 g/mol. The van der Waals surface area contributed by atoms with E-state index in [9.17, 15) is 9.59 Å². The van der Waals surface area contributed by atoms with Crippen molar-refractivity contribution in [1.82, 2.24) is 14.8 Å². The lowest BCUT2D eigenvalue weighted by atomic mass is 9.73. The van der Waals surface area contributed by atoms with Crippen LogP contribution in [0.5, 0.6) is 0 Å². The average molecular weight is 422 g/mol. The summed E-state index contributed by atoms with van der Waals surface area (Å²) in [5.74, 6) is 0.367. The van der Waals surface area contributed by atoms with Crippen LogP contribution in [-0.2, 0) is 16.0 Å². The van der Waals surface area contributed by atoms with Gasteiger partial charge in [-0.1, -0.05) is 38.1 Å². The van der Waals surface area contributed by atoms with Crippen molar-refractivity contribution >= 4 is 11.8 Å². The Morgan fingerprint density at radius 1 is 1.03 bits per heavy atom. The van der Waals surface area contributed by atoms with E-state index in [2.05, 4.69) is 43.1 Å². The number of rotatable bonds is 7. The molecule has 0 bridgehead atoms. The smallest absolute Gasteiger partial charge is 0.230 e. The number of nitrogens with zero attached hydrogens (tertiary/aromatic N) is 3. The summed E-state index contributed by atoms with van der Waals surface area (Å²) in [4.78, 5) is 34.2. The largest absolute Gasteiger partial charge is 0.348 e. The Labute approximate surface area is 186 Å². The van der Waals surface area contributed by atoms with Gasteiger partial charge in [0.05, 0.1) is 5.41 Å². The van der Waals surface area contributed by atoms with Gasteiger partial charge in [0.2, 0.25) is 11.8 Å². The van der Waals surface area contributed by atoms with Gasteiger partial charge in [0.1, 0.15) is 0 Å². The zero-order chi connectivity index (χ0) is 22.4. The van der Waals surface area contributed by atoms with Crippen LogP contribution >= 0.6 is 0 Å². The number of carbonyl (C=O) groups is 2. The number of amides is 2. The van der Waals surface area contributed by atoms with E-state index >= 15 is 0 Å². The standard InChI is InChI=1S/C26H35N3O2/c1-5-21(6-2)24(30)29-17-7-14-26(19-29,25(31)28(3)4)18-20-8-10-22(11-9-20)23-12-15-27-16-13-23/h8-13,15-16,21H,5-7,14,17-19H2,1-4H3. The molecule has 3 rings (SSSR count). The average Bonchev–Trinajstić information content (AvgIpc) is 2.80. The van der Waals surface area contributed by atoms with Gasteiger partial charge in [-0.05, 0) is 60.9 Å². The molecular formula is C26H35N3O2. The number of hydrogen-bond acceptors (Lipinski definition) is 3. The lowest BCUT2D eigenvalue weighted by Gasteiger charge is -2.44. The maximum Gasteiger partial charge on any atom is 0.230 e. The van der Waals surface area contributed by atoms with Crippen molar-refractivity contribution < 1.29 is 9.59 Å². The Hall–Kier alpha value is -2.69. The first kappa shape index (κ1) is 23.0. The molecule has 1 atom stereocenters. The van der Waals surface area contributed by atoms with Gasteiger partial charge < -0.3 is 9.80 Å². The highest BCUT2D eigenvalue weighted by Crippen LogP contribution is 2.37. The van der Waals surface area contributed by atoms with Crippen molar-refractivity contribution in [2.45, 2.75) is 46.0 Å². The van der Waals surface area contributed by atoms with Gasteiger partial charge in [0.15, 0.2) is 0 Å². The second-order valence-electron chi connectivity index (χ2n) is 8.97. The number of piperidine rings is 1. The molecule has 1 fully saturated rings. The van der Waals surface area contributed by atoms with Crippen LogP contribution in [0.4, 0.5) is 0 Å². The molecule has 2 heterocycles. The highest BCUT2D eigenvalue weighted by Gasteiger charge is 2.44. The van der Waals surface area contributed by atoms with Gasteiger partial charge in [-0.15, -0.1) is 0 Å². The third-order valence-corrected chi connectivity index (χ3v) is 6.59. The first-order valence-electron chi connectivity index (χ1n) is 11.4. The Morgan fingerprint density at radius 2 is 1.65 bits per heavy atom. The summed E-state index contributed by atoms with van der Waals surface area (Å²) >= 11 is 0. The molecule has 1 saturated heterocycles. The number of aromatic nitrogens is 1. The van der Waals surface area contributed by atoms with Gasteiger partial charge in [-0.25, -0.2) is 0 Å².